The standard InChI is InChI=1S/C10H10Cl2INO2/c1-5(4-15)14-10(16)7-2-6(11)3-8(12)9(7)13/h2-3,5,15H,4H2,1H3,(H,14,16)/t5-/m0/s1. The highest BCUT2D eigenvalue weighted by Crippen LogP contribution is 2.26. The molecule has 1 amide bonds. The van der Waals surface area contributed by atoms with Gasteiger partial charge in [0, 0.05) is 14.6 Å². The number of hydrogen-bond donors (Lipinski definition) is 2. The molecular formula is C10H10Cl2INO2. The van der Waals surface area contributed by atoms with Crippen LogP contribution in [0.1, 0.15) is 17.3 Å². The largest absolute Gasteiger partial charge is 0.394 e. The molecule has 1 rings (SSSR count). The Morgan fingerprint density at radius 1 is 1.56 bits per heavy atom. The van der Waals surface area contributed by atoms with Crippen LogP contribution in [0, 0.1) is 3.57 Å². The number of aliphatic hydroxyl groups is 1. The Morgan fingerprint density at radius 3 is 2.75 bits per heavy atom. The van der Waals surface area contributed by atoms with Gasteiger partial charge in [-0.2, -0.15) is 0 Å². The highest BCUT2D eigenvalue weighted by molar-refractivity contribution is 14.1. The number of amides is 1. The van der Waals surface area contributed by atoms with Crippen LogP contribution in [-0.4, -0.2) is 23.7 Å². The van der Waals surface area contributed by atoms with Crippen LogP contribution < -0.4 is 5.32 Å². The van der Waals surface area contributed by atoms with Crippen molar-refractivity contribution >= 4 is 51.7 Å². The molecule has 6 heteroatoms. The van der Waals surface area contributed by atoms with Crippen molar-refractivity contribution in [3.63, 3.8) is 0 Å². The molecule has 0 spiro atoms. The van der Waals surface area contributed by atoms with Crippen molar-refractivity contribution in [2.24, 2.45) is 0 Å². The third kappa shape index (κ3) is 3.48. The van der Waals surface area contributed by atoms with Gasteiger partial charge < -0.3 is 10.4 Å². The Kier molecular flexibility index (Phi) is 5.30. The monoisotopic (exact) mass is 373 g/mol. The maximum atomic E-state index is 11.8. The zero-order valence-electron chi connectivity index (χ0n) is 8.43. The SMILES string of the molecule is C[C@@H](CO)NC(=O)c1cc(Cl)cc(Cl)c1I. The summed E-state index contributed by atoms with van der Waals surface area (Å²) in [5.41, 5.74) is 0.415. The zero-order valence-corrected chi connectivity index (χ0v) is 12.1. The molecule has 3 nitrogen and oxygen atoms in total. The lowest BCUT2D eigenvalue weighted by Crippen LogP contribution is -2.35. The predicted octanol–water partition coefficient (Wildman–Crippen LogP) is 2.71. The second kappa shape index (κ2) is 6.05. The Bertz CT molecular complexity index is 412. The average molecular weight is 374 g/mol. The molecule has 0 saturated carbocycles. The molecule has 0 radical (unpaired) electrons. The van der Waals surface area contributed by atoms with Crippen LogP contribution in [-0.2, 0) is 0 Å². The summed E-state index contributed by atoms with van der Waals surface area (Å²) in [6.45, 7) is 1.59. The van der Waals surface area contributed by atoms with Crippen LogP contribution in [0.5, 0.6) is 0 Å². The van der Waals surface area contributed by atoms with E-state index in [1.54, 1.807) is 19.1 Å². The molecule has 2 N–H and O–H groups in total. The second-order valence-corrected chi connectivity index (χ2v) is 5.23. The number of rotatable bonds is 3. The van der Waals surface area contributed by atoms with Gasteiger partial charge in [-0.1, -0.05) is 23.2 Å². The topological polar surface area (TPSA) is 49.3 Å². The number of hydrogen-bond acceptors (Lipinski definition) is 2. The van der Waals surface area contributed by atoms with E-state index in [0.29, 0.717) is 19.2 Å². The first-order valence-corrected chi connectivity index (χ1v) is 6.35. The summed E-state index contributed by atoms with van der Waals surface area (Å²) in [6.07, 6.45) is 0. The number of carbonyl (C=O) groups is 1. The van der Waals surface area contributed by atoms with E-state index in [1.807, 2.05) is 22.6 Å². The Morgan fingerprint density at radius 2 is 2.19 bits per heavy atom. The minimum absolute atomic E-state index is 0.114. The van der Waals surface area contributed by atoms with E-state index in [4.69, 9.17) is 28.3 Å². The van der Waals surface area contributed by atoms with Gasteiger partial charge in [0.2, 0.25) is 0 Å². The fourth-order valence-electron chi connectivity index (χ4n) is 1.07. The van der Waals surface area contributed by atoms with Gasteiger partial charge in [-0.25, -0.2) is 0 Å². The summed E-state index contributed by atoms with van der Waals surface area (Å²) in [7, 11) is 0. The molecule has 0 unspecified atom stereocenters. The molecule has 0 bridgehead atoms. The fourth-order valence-corrected chi connectivity index (χ4v) is 2.12. The average Bonchev–Trinajstić information content (AvgIpc) is 2.22. The third-order valence-corrected chi connectivity index (χ3v) is 3.89. The van der Waals surface area contributed by atoms with Crippen LogP contribution >= 0.6 is 45.8 Å². The maximum Gasteiger partial charge on any atom is 0.252 e. The third-order valence-electron chi connectivity index (χ3n) is 1.89. The molecule has 0 aliphatic rings. The smallest absolute Gasteiger partial charge is 0.252 e. The van der Waals surface area contributed by atoms with Crippen molar-refractivity contribution in [1.82, 2.24) is 5.32 Å². The van der Waals surface area contributed by atoms with Crippen molar-refractivity contribution in [2.75, 3.05) is 6.61 Å². The molecule has 0 aromatic heterocycles. The lowest BCUT2D eigenvalue weighted by Gasteiger charge is -2.12. The summed E-state index contributed by atoms with van der Waals surface area (Å²) >= 11 is 13.7. The van der Waals surface area contributed by atoms with Crippen molar-refractivity contribution in [1.29, 1.82) is 0 Å². The van der Waals surface area contributed by atoms with Gasteiger partial charge in [0.1, 0.15) is 0 Å². The molecule has 0 aliphatic carbocycles. The zero-order chi connectivity index (χ0) is 12.3. The van der Waals surface area contributed by atoms with Crippen LogP contribution in [0.4, 0.5) is 0 Å². The Hall–Kier alpha value is -0.0400. The van der Waals surface area contributed by atoms with Gasteiger partial charge in [-0.05, 0) is 41.6 Å². The molecule has 0 aliphatic heterocycles. The van der Waals surface area contributed by atoms with Crippen molar-refractivity contribution in [2.45, 2.75) is 13.0 Å². The van der Waals surface area contributed by atoms with Crippen molar-refractivity contribution < 1.29 is 9.90 Å². The van der Waals surface area contributed by atoms with Crippen LogP contribution in [0.25, 0.3) is 0 Å². The van der Waals surface area contributed by atoms with Gasteiger partial charge in [-0.3, -0.25) is 4.79 Å². The first kappa shape index (κ1) is 14.0. The highest BCUT2D eigenvalue weighted by atomic mass is 127. The molecule has 16 heavy (non-hydrogen) atoms. The van der Waals surface area contributed by atoms with Gasteiger partial charge in [0.15, 0.2) is 0 Å². The van der Waals surface area contributed by atoms with E-state index in [0.717, 1.165) is 0 Å². The summed E-state index contributed by atoms with van der Waals surface area (Å²) in [5.74, 6) is -0.296. The van der Waals surface area contributed by atoms with E-state index in [2.05, 4.69) is 5.32 Å². The normalized spacial score (nSPS) is 12.3. The summed E-state index contributed by atoms with van der Waals surface area (Å²) in [6, 6.07) is 2.83. The minimum atomic E-state index is -0.305. The summed E-state index contributed by atoms with van der Waals surface area (Å²) in [5, 5.41) is 12.3. The molecule has 0 fully saturated rings. The highest BCUT2D eigenvalue weighted by Gasteiger charge is 2.15. The van der Waals surface area contributed by atoms with Crippen LogP contribution in [0.3, 0.4) is 0 Å². The van der Waals surface area contributed by atoms with Crippen molar-refractivity contribution in [3.8, 4) is 0 Å². The minimum Gasteiger partial charge on any atom is -0.394 e. The summed E-state index contributed by atoms with van der Waals surface area (Å²) < 4.78 is 0.645. The van der Waals surface area contributed by atoms with E-state index >= 15 is 0 Å². The lowest BCUT2D eigenvalue weighted by atomic mass is 10.2. The number of aliphatic hydroxyl groups excluding tert-OH is 1. The Balaban J connectivity index is 2.99. The number of carbonyl (C=O) groups excluding carboxylic acids is 1. The molecule has 1 aromatic rings. The molecule has 0 saturated heterocycles. The van der Waals surface area contributed by atoms with Gasteiger partial charge in [0.25, 0.3) is 5.91 Å². The van der Waals surface area contributed by atoms with Gasteiger partial charge >= 0.3 is 0 Å². The first-order valence-electron chi connectivity index (χ1n) is 4.52. The van der Waals surface area contributed by atoms with Gasteiger partial charge in [-0.15, -0.1) is 0 Å². The van der Waals surface area contributed by atoms with E-state index in [-0.39, 0.29) is 18.6 Å². The number of benzene rings is 1. The molecule has 1 aromatic carbocycles. The molecule has 88 valence electrons. The summed E-state index contributed by atoms with van der Waals surface area (Å²) in [4.78, 5) is 11.8. The Labute approximate surface area is 117 Å². The molecule has 0 heterocycles. The molecular weight excluding hydrogens is 364 g/mol. The first-order chi connectivity index (χ1) is 7.45. The number of nitrogens with one attached hydrogen (secondary N) is 1. The maximum absolute atomic E-state index is 11.8. The fraction of sp³-hybridized carbons (Fsp3) is 0.300. The van der Waals surface area contributed by atoms with Crippen molar-refractivity contribution in [3.05, 3.63) is 31.3 Å². The van der Waals surface area contributed by atoms with E-state index < -0.39 is 0 Å². The number of halogens is 3. The van der Waals surface area contributed by atoms with Crippen LogP contribution in [0.2, 0.25) is 10.0 Å². The lowest BCUT2D eigenvalue weighted by molar-refractivity contribution is 0.0921. The van der Waals surface area contributed by atoms with Crippen LogP contribution in [0.15, 0.2) is 12.1 Å². The van der Waals surface area contributed by atoms with Gasteiger partial charge in [0.05, 0.1) is 17.2 Å². The quantitative estimate of drug-likeness (QED) is 0.632. The van der Waals surface area contributed by atoms with E-state index in [9.17, 15) is 4.79 Å². The second-order valence-electron chi connectivity index (χ2n) is 3.31. The molecule has 1 atom stereocenters. The van der Waals surface area contributed by atoms with E-state index in [1.165, 1.54) is 0 Å². The predicted molar refractivity (Wildman–Crippen MR) is 73.2 cm³/mol.